The van der Waals surface area contributed by atoms with Gasteiger partial charge in [0.15, 0.2) is 11.2 Å². The fourth-order valence-corrected chi connectivity index (χ4v) is 13.1. The van der Waals surface area contributed by atoms with Gasteiger partial charge in [0.25, 0.3) is 0 Å². The number of hydrogen-bond donors (Lipinski definition) is 3. The van der Waals surface area contributed by atoms with Crippen LogP contribution in [0.15, 0.2) is 307 Å². The minimum absolute atomic E-state index is 0. The summed E-state index contributed by atoms with van der Waals surface area (Å²) < 4.78 is 75.1. The molecule has 18 rings (SSSR count). The number of alkyl halides is 3. The maximum Gasteiger partial charge on any atom is 0.522 e. The number of rotatable bonds is 11. The zero-order valence-electron chi connectivity index (χ0n) is 66.3. The monoisotopic (exact) mass is 1950 g/mol. The summed E-state index contributed by atoms with van der Waals surface area (Å²) in [4.78, 5) is 32.4. The summed E-state index contributed by atoms with van der Waals surface area (Å²) in [7, 11) is -3.84. The van der Waals surface area contributed by atoms with Gasteiger partial charge in [-0.15, -0.1) is 144 Å². The van der Waals surface area contributed by atoms with Crippen molar-refractivity contribution in [3.05, 3.63) is 344 Å². The summed E-state index contributed by atoms with van der Waals surface area (Å²) >= 11 is 0. The summed E-state index contributed by atoms with van der Waals surface area (Å²) in [5.74, 6) is 3.13. The second kappa shape index (κ2) is 42.4. The van der Waals surface area contributed by atoms with Gasteiger partial charge in [-0.25, -0.2) is 15.0 Å². The second-order valence-corrected chi connectivity index (χ2v) is 28.7. The predicted molar refractivity (Wildman–Crippen MR) is 458 cm³/mol. The van der Waals surface area contributed by atoms with Gasteiger partial charge in [-0.05, 0) is 105 Å². The van der Waals surface area contributed by atoms with Gasteiger partial charge in [-0.2, -0.15) is 21.6 Å². The molecular formula is C96H86F3Ir2N9O7S-4. The maximum atomic E-state index is 10.7. The molecule has 0 saturated heterocycles. The molecule has 0 aliphatic heterocycles. The summed E-state index contributed by atoms with van der Waals surface area (Å²) in [5.41, 5.74) is 18.5. The van der Waals surface area contributed by atoms with E-state index in [0.717, 1.165) is 137 Å². The van der Waals surface area contributed by atoms with Crippen LogP contribution < -0.4 is 0 Å². The number of imidazole rings is 2. The van der Waals surface area contributed by atoms with Crippen molar-refractivity contribution in [3.8, 4) is 67.9 Å². The zero-order chi connectivity index (χ0) is 82.5. The second-order valence-electron chi connectivity index (χ2n) is 27.3. The van der Waals surface area contributed by atoms with Crippen LogP contribution in [-0.2, 0) is 50.3 Å². The number of furan rings is 2. The molecule has 18 aromatic rings. The Morgan fingerprint density at radius 1 is 0.373 bits per heavy atom. The Morgan fingerprint density at radius 2 is 0.678 bits per heavy atom. The zero-order valence-corrected chi connectivity index (χ0v) is 71.9. The van der Waals surface area contributed by atoms with Gasteiger partial charge in [0, 0.05) is 95.0 Å². The van der Waals surface area contributed by atoms with Crippen LogP contribution in [0.1, 0.15) is 101 Å². The van der Waals surface area contributed by atoms with E-state index >= 15 is 0 Å². The van der Waals surface area contributed by atoms with Gasteiger partial charge >= 0.3 is 15.6 Å². The van der Waals surface area contributed by atoms with E-state index in [1.54, 1.807) is 18.6 Å². The maximum absolute atomic E-state index is 10.7. The average molecular weight is 1950 g/mol. The first-order chi connectivity index (χ1) is 56.2. The van der Waals surface area contributed by atoms with Crippen molar-refractivity contribution in [1.82, 2.24) is 44.0 Å². The van der Waals surface area contributed by atoms with Crippen molar-refractivity contribution in [2.45, 2.75) is 84.6 Å². The Labute approximate surface area is 711 Å². The number of nitrogens with zero attached hydrogens (tertiary/aromatic N) is 9. The van der Waals surface area contributed by atoms with Crippen LogP contribution in [0, 0.1) is 24.3 Å². The van der Waals surface area contributed by atoms with E-state index in [2.05, 4.69) is 183 Å². The molecule has 0 aliphatic carbocycles. The summed E-state index contributed by atoms with van der Waals surface area (Å²) in [6.45, 7) is 18.0. The Morgan fingerprint density at radius 3 is 0.992 bits per heavy atom. The number of fused-ring (bicyclic) bond motifs is 10. The van der Waals surface area contributed by atoms with Crippen LogP contribution in [0.25, 0.3) is 134 Å². The van der Waals surface area contributed by atoms with Crippen LogP contribution in [-0.4, -0.2) is 86.9 Å². The van der Waals surface area contributed by atoms with Crippen LogP contribution in [0.5, 0.6) is 0 Å². The minimum atomic E-state index is -5.84. The standard InChI is InChI=1S/C30H27N3O.C30H26N3O.3C11H8N.CHF3O3S.2CH4O.2Ir/c2*1-18(2)21-14-10-15-22(19(3)4)27(21)33-28-24(32-30(33)20-11-6-5-7-12-20)17-31-26-23-13-8-9-16-25(23)34-29(26)28;3*1-2-6-10(7-3-1)11-8-4-5-9-12-11;2-1(3,4)8(5,6)7;2*1-2;;/h5-19H,1-4H3;5-11,13-19H,1-4H3;3*1-6,8-9H;(H,5,6,7);2*2H,1H3;;/q;4*-1;;;;;. The number of aliphatic hydroxyl groups is 2. The Hall–Kier alpha value is -11.8. The first kappa shape index (κ1) is 90.1. The normalized spacial score (nSPS) is 10.9. The molecule has 9 aromatic carbocycles. The van der Waals surface area contributed by atoms with E-state index in [0.29, 0.717) is 23.7 Å². The number of para-hydroxylation sites is 4. The van der Waals surface area contributed by atoms with Gasteiger partial charge in [0.05, 0.1) is 29.4 Å². The van der Waals surface area contributed by atoms with E-state index in [9.17, 15) is 13.2 Å². The Balaban J connectivity index is 0.000000174. The third-order valence-electron chi connectivity index (χ3n) is 18.4. The van der Waals surface area contributed by atoms with Crippen molar-refractivity contribution in [2.75, 3.05) is 14.2 Å². The smallest absolute Gasteiger partial charge is 0.452 e. The third kappa shape index (κ3) is 21.1. The number of hydrogen-bond acceptors (Lipinski definition) is 13. The van der Waals surface area contributed by atoms with Gasteiger partial charge in [-0.1, -0.05) is 183 Å². The quantitative estimate of drug-likeness (QED) is 0.0623. The SMILES string of the molecule is CC(C)c1cccc(C(C)C)c1-n1c(-c2[c-]cccc2)nc2cnc3c4ccccc4oc3c21.CC(C)c1cccc(C(C)C)c1-n1c(-c2ccccc2)nc2cnc3c4ccccc4oc3c21.CO.CO.O=S(=O)(O)C(F)(F)F.[Ir].[Ir].[c-]1ccccc1-c1ccccn1.[c-]1ccccc1-c1ccccn1.[c-]1ccccc1-c1ccccn1. The van der Waals surface area contributed by atoms with Crippen molar-refractivity contribution in [2.24, 2.45) is 0 Å². The minimum Gasteiger partial charge on any atom is -0.452 e. The van der Waals surface area contributed by atoms with Crippen molar-refractivity contribution in [3.63, 3.8) is 0 Å². The van der Waals surface area contributed by atoms with Crippen molar-refractivity contribution >= 4 is 76.3 Å². The molecule has 0 atom stereocenters. The molecule has 0 bridgehead atoms. The number of pyridine rings is 5. The van der Waals surface area contributed by atoms with Gasteiger partial charge < -0.3 is 38.6 Å². The number of halogens is 3. The summed E-state index contributed by atoms with van der Waals surface area (Å²) in [6.07, 6.45) is 9.12. The Bertz CT molecular complexity index is 5700. The fraction of sp³-hybridized carbons (Fsp3) is 0.156. The van der Waals surface area contributed by atoms with Gasteiger partial charge in [0.1, 0.15) is 44.6 Å². The molecule has 0 aliphatic rings. The third-order valence-corrected chi connectivity index (χ3v) is 19.0. The first-order valence-electron chi connectivity index (χ1n) is 37.5. The molecule has 0 unspecified atom stereocenters. The molecule has 3 N–H and O–H groups in total. The molecule has 16 nitrogen and oxygen atoms in total. The molecule has 9 heterocycles. The van der Waals surface area contributed by atoms with Crippen molar-refractivity contribution < 1.29 is 85.4 Å². The number of benzene rings is 9. The largest absolute Gasteiger partial charge is 0.522 e. The predicted octanol–water partition coefficient (Wildman–Crippen LogP) is 23.5. The molecule has 118 heavy (non-hydrogen) atoms. The molecule has 0 fully saturated rings. The molecule has 22 heteroatoms. The van der Waals surface area contributed by atoms with Gasteiger partial charge in [-0.3, -0.25) is 14.1 Å². The number of aliphatic hydroxyl groups excluding tert-OH is 2. The van der Waals surface area contributed by atoms with Crippen LogP contribution in [0.3, 0.4) is 0 Å². The molecular weight excluding hydrogens is 1860 g/mol. The Kier molecular flexibility index (Phi) is 32.3. The fourth-order valence-electron chi connectivity index (χ4n) is 13.1. The summed E-state index contributed by atoms with van der Waals surface area (Å²) in [5, 5.41) is 16.0. The van der Waals surface area contributed by atoms with Gasteiger partial charge in [0.2, 0.25) is 0 Å². The van der Waals surface area contributed by atoms with E-state index in [4.69, 9.17) is 52.0 Å². The molecule has 606 valence electrons. The topological polar surface area (TPSA) is 221 Å². The van der Waals surface area contributed by atoms with E-state index < -0.39 is 15.6 Å². The van der Waals surface area contributed by atoms with Crippen molar-refractivity contribution in [1.29, 1.82) is 0 Å². The molecule has 9 aromatic heterocycles. The molecule has 0 spiro atoms. The van der Waals surface area contributed by atoms with E-state index in [1.165, 1.54) is 33.6 Å². The number of aromatic nitrogens is 9. The molecule has 0 amide bonds. The molecule has 2 radical (unpaired) electrons. The molecule has 0 saturated carbocycles. The average Bonchev–Trinajstić information content (AvgIpc) is 1.57. The first-order valence-corrected chi connectivity index (χ1v) is 38.9. The summed E-state index contributed by atoms with van der Waals surface area (Å²) in [6, 6.07) is 102. The van der Waals surface area contributed by atoms with E-state index in [-0.39, 0.29) is 40.2 Å². The van der Waals surface area contributed by atoms with Crippen LogP contribution in [0.2, 0.25) is 0 Å². The van der Waals surface area contributed by atoms with Crippen LogP contribution in [0.4, 0.5) is 13.2 Å². The van der Waals surface area contributed by atoms with Crippen LogP contribution >= 0.6 is 0 Å². The van der Waals surface area contributed by atoms with E-state index in [1.807, 2.05) is 200 Å².